The summed E-state index contributed by atoms with van der Waals surface area (Å²) in [5.41, 5.74) is 0. The Balaban J connectivity index is 2.26. The molecule has 1 fully saturated rings. The molecule has 0 saturated heterocycles. The van der Waals surface area contributed by atoms with Crippen molar-refractivity contribution in [1.29, 1.82) is 0 Å². The summed E-state index contributed by atoms with van der Waals surface area (Å²) >= 11 is 0.573. The summed E-state index contributed by atoms with van der Waals surface area (Å²) in [5.74, 6) is 1.08. The van der Waals surface area contributed by atoms with Crippen LogP contribution in [0.3, 0.4) is 0 Å². The van der Waals surface area contributed by atoms with Gasteiger partial charge in [0.15, 0.2) is 0 Å². The van der Waals surface area contributed by atoms with Crippen LogP contribution in [0.25, 0.3) is 0 Å². The van der Waals surface area contributed by atoms with E-state index in [1.807, 2.05) is 0 Å². The third-order valence-electron chi connectivity index (χ3n) is 1.31. The Labute approximate surface area is 47.9 Å². The number of rotatable bonds is 0. The Bertz CT molecular complexity index is 96.1. The Kier molecular flexibility index (Phi) is 0.576. The molecule has 0 amide bonds. The van der Waals surface area contributed by atoms with E-state index in [1.165, 1.54) is 3.92 Å². The second-order valence-electron chi connectivity index (χ2n) is 1.86. The Morgan fingerprint density at radius 3 is 2.83 bits per heavy atom. The van der Waals surface area contributed by atoms with Crippen LogP contribution in [-0.4, -0.2) is 3.92 Å². The van der Waals surface area contributed by atoms with Crippen LogP contribution in [0.2, 0.25) is 0 Å². The molecule has 1 aliphatic carbocycles. The van der Waals surface area contributed by atoms with Gasteiger partial charge in [0.25, 0.3) is 0 Å². The molecule has 1 saturated carbocycles. The fourth-order valence-corrected chi connectivity index (χ4v) is 3.71. The molecule has 0 aromatic carbocycles. The van der Waals surface area contributed by atoms with Crippen molar-refractivity contribution < 1.29 is 21.2 Å². The van der Waals surface area contributed by atoms with E-state index in [0.717, 1.165) is 5.92 Å². The first-order valence-corrected chi connectivity index (χ1v) is 4.74. The van der Waals surface area contributed by atoms with Crippen molar-refractivity contribution in [3.05, 3.63) is 10.2 Å². The summed E-state index contributed by atoms with van der Waals surface area (Å²) in [6, 6.07) is 0. The van der Waals surface area contributed by atoms with Gasteiger partial charge in [0.05, 0.1) is 0 Å². The predicted molar refractivity (Wildman–Crippen MR) is 21.0 cm³/mol. The minimum atomic E-state index is 0.573. The van der Waals surface area contributed by atoms with Gasteiger partial charge in [-0.15, -0.1) is 0 Å². The van der Waals surface area contributed by atoms with Gasteiger partial charge >= 0.3 is 47.6 Å². The van der Waals surface area contributed by atoms with Crippen molar-refractivity contribution in [2.75, 3.05) is 0 Å². The zero-order chi connectivity index (χ0) is 3.98. The molecule has 1 aliphatic heterocycles. The van der Waals surface area contributed by atoms with E-state index in [1.54, 1.807) is 6.42 Å². The normalized spacial score (nSPS) is 50.7. The number of halogens is 1. The number of fused-ring (bicyclic) bond motifs is 1. The van der Waals surface area contributed by atoms with E-state index >= 15 is 0 Å². The van der Waals surface area contributed by atoms with Gasteiger partial charge in [-0.3, -0.25) is 0 Å². The summed E-state index contributed by atoms with van der Waals surface area (Å²) in [6.45, 7) is 0. The third-order valence-corrected chi connectivity index (χ3v) is 4.50. The zero-order valence-corrected chi connectivity index (χ0v) is 5.55. The molecule has 1 heteroatoms. The van der Waals surface area contributed by atoms with Gasteiger partial charge in [-0.05, 0) is 0 Å². The van der Waals surface area contributed by atoms with E-state index in [9.17, 15) is 0 Å². The summed E-state index contributed by atoms with van der Waals surface area (Å²) in [5, 5.41) is 0. The van der Waals surface area contributed by atoms with Gasteiger partial charge in [-0.1, -0.05) is 0 Å². The standard InChI is InChI=1S/C5H6I/c1-2-6-5-3-4(1)5/h1-2,4-5H,3H2/q-1. The maximum absolute atomic E-state index is 2.41. The van der Waals surface area contributed by atoms with E-state index in [0.29, 0.717) is 21.2 Å². The molecule has 0 spiro atoms. The molecule has 0 radical (unpaired) electrons. The average Bonchev–Trinajstić information content (AvgIpc) is 2.17. The number of alkyl halides is 1. The molecule has 1 heterocycles. The van der Waals surface area contributed by atoms with Crippen LogP contribution in [0.1, 0.15) is 6.42 Å². The van der Waals surface area contributed by atoms with Crippen LogP contribution >= 0.6 is 0 Å². The van der Waals surface area contributed by atoms with Crippen molar-refractivity contribution in [3.8, 4) is 0 Å². The van der Waals surface area contributed by atoms with Gasteiger partial charge in [-0.25, -0.2) is 0 Å². The molecule has 0 bridgehead atoms. The van der Waals surface area contributed by atoms with Gasteiger partial charge in [0.2, 0.25) is 0 Å². The fraction of sp³-hybridized carbons (Fsp3) is 0.600. The van der Waals surface area contributed by atoms with Crippen molar-refractivity contribution in [1.82, 2.24) is 0 Å². The zero-order valence-electron chi connectivity index (χ0n) is 3.39. The molecule has 0 aromatic rings. The average molecular weight is 193 g/mol. The quantitative estimate of drug-likeness (QED) is 0.308. The van der Waals surface area contributed by atoms with Gasteiger partial charge in [0.1, 0.15) is 0 Å². The first-order chi connectivity index (χ1) is 2.97. The van der Waals surface area contributed by atoms with E-state index in [4.69, 9.17) is 0 Å². The molecule has 6 heavy (non-hydrogen) atoms. The number of hydrogen-bond donors (Lipinski definition) is 0. The molecule has 0 aromatic heterocycles. The van der Waals surface area contributed by atoms with Crippen LogP contribution < -0.4 is 21.2 Å². The van der Waals surface area contributed by atoms with Crippen LogP contribution in [0.5, 0.6) is 0 Å². The van der Waals surface area contributed by atoms with Crippen molar-refractivity contribution in [2.24, 2.45) is 5.92 Å². The first-order valence-electron chi connectivity index (χ1n) is 2.25. The molecule has 34 valence electrons. The van der Waals surface area contributed by atoms with Gasteiger partial charge < -0.3 is 0 Å². The van der Waals surface area contributed by atoms with E-state index < -0.39 is 0 Å². The summed E-state index contributed by atoms with van der Waals surface area (Å²) in [4.78, 5) is 0. The van der Waals surface area contributed by atoms with E-state index in [-0.39, 0.29) is 0 Å². The first kappa shape index (κ1) is 3.47. The maximum atomic E-state index is 2.41. The molecule has 2 atom stereocenters. The van der Waals surface area contributed by atoms with Crippen molar-refractivity contribution in [2.45, 2.75) is 10.3 Å². The predicted octanol–water partition coefficient (Wildman–Crippen LogP) is -2.01. The number of hydrogen-bond acceptors (Lipinski definition) is 0. The molecular weight excluding hydrogens is 187 g/mol. The molecule has 0 nitrogen and oxygen atoms in total. The Morgan fingerprint density at radius 1 is 1.67 bits per heavy atom. The third kappa shape index (κ3) is 0.346. The van der Waals surface area contributed by atoms with Gasteiger partial charge in [0, 0.05) is 0 Å². The summed E-state index contributed by atoms with van der Waals surface area (Å²) in [6.07, 6.45) is 3.95. The van der Waals surface area contributed by atoms with Gasteiger partial charge in [-0.2, -0.15) is 0 Å². The molecule has 2 aliphatic rings. The SMILES string of the molecule is C1=CC2CC2[I-]1. The van der Waals surface area contributed by atoms with E-state index in [2.05, 4.69) is 10.2 Å². The molecule has 2 rings (SSSR count). The molecule has 0 N–H and O–H groups in total. The topological polar surface area (TPSA) is 0 Å². The molecule has 2 unspecified atom stereocenters. The van der Waals surface area contributed by atoms with Crippen molar-refractivity contribution in [3.63, 3.8) is 0 Å². The Hall–Kier alpha value is 0.470. The fourth-order valence-electron chi connectivity index (χ4n) is 0.754. The monoisotopic (exact) mass is 193 g/mol. The molecular formula is C5H6I-. The van der Waals surface area contributed by atoms with Crippen LogP contribution in [0, 0.1) is 5.92 Å². The second kappa shape index (κ2) is 0.997. The van der Waals surface area contributed by atoms with Crippen LogP contribution in [0.4, 0.5) is 0 Å². The minimum absolute atomic E-state index is 0.573. The summed E-state index contributed by atoms with van der Waals surface area (Å²) in [7, 11) is 0. The second-order valence-corrected chi connectivity index (χ2v) is 4.90. The van der Waals surface area contributed by atoms with Crippen molar-refractivity contribution >= 4 is 0 Å². The summed E-state index contributed by atoms with van der Waals surface area (Å²) < 4.78 is 3.63. The van der Waals surface area contributed by atoms with Crippen LogP contribution in [0.15, 0.2) is 10.2 Å². The van der Waals surface area contributed by atoms with Crippen LogP contribution in [-0.2, 0) is 0 Å². The number of allylic oxidation sites excluding steroid dienone is 1. The Morgan fingerprint density at radius 2 is 2.67 bits per heavy atom.